The lowest BCUT2D eigenvalue weighted by Crippen LogP contribution is -2.29. The van der Waals surface area contributed by atoms with Gasteiger partial charge < -0.3 is 14.8 Å². The van der Waals surface area contributed by atoms with Crippen molar-refractivity contribution in [2.24, 2.45) is 0 Å². The molecule has 9 heteroatoms. The predicted molar refractivity (Wildman–Crippen MR) is 129 cm³/mol. The maximum atomic E-state index is 14.0. The highest BCUT2D eigenvalue weighted by Gasteiger charge is 2.35. The Kier molecular flexibility index (Phi) is 7.52. The van der Waals surface area contributed by atoms with Gasteiger partial charge in [-0.3, -0.25) is 0 Å². The fourth-order valence-electron chi connectivity index (χ4n) is 3.74. The Morgan fingerprint density at radius 3 is 2.82 bits per heavy atom. The molecule has 3 aromatic rings. The van der Waals surface area contributed by atoms with Gasteiger partial charge in [-0.05, 0) is 42.7 Å². The molecule has 0 fully saturated rings. The third kappa shape index (κ3) is 5.09. The Balaban J connectivity index is 1.67. The molecule has 1 N–H and O–H groups in total. The van der Waals surface area contributed by atoms with Crippen LogP contribution in [-0.2, 0) is 15.3 Å². The van der Waals surface area contributed by atoms with Gasteiger partial charge in [0, 0.05) is 11.4 Å². The molecule has 0 saturated carbocycles. The van der Waals surface area contributed by atoms with Crippen LogP contribution in [-0.4, -0.2) is 34.5 Å². The first-order valence-electron chi connectivity index (χ1n) is 11.1. The summed E-state index contributed by atoms with van der Waals surface area (Å²) in [5, 5.41) is 8.30. The average molecular weight is 483 g/mol. The minimum absolute atomic E-state index is 0.264. The quantitative estimate of drug-likeness (QED) is 0.250. The fourth-order valence-corrected chi connectivity index (χ4v) is 4.56. The molecule has 0 radical (unpaired) electrons. The molecule has 1 unspecified atom stereocenters. The molecule has 0 bridgehead atoms. The van der Waals surface area contributed by atoms with Crippen molar-refractivity contribution in [1.29, 1.82) is 0 Å². The SMILES string of the molecule is CCCCOc1cccc(C2C(C(=O)OC)=C(C)Nc3nc(SCc4ccccc4F)nn32)c1. The number of hydrogen-bond acceptors (Lipinski definition) is 7. The van der Waals surface area contributed by atoms with Crippen molar-refractivity contribution in [3.8, 4) is 5.75 Å². The second kappa shape index (κ2) is 10.7. The van der Waals surface area contributed by atoms with Crippen LogP contribution in [0.25, 0.3) is 0 Å². The Hall–Kier alpha value is -3.33. The molecule has 2 aromatic carbocycles. The molecule has 1 aliphatic rings. The normalized spacial score (nSPS) is 15.0. The standard InChI is InChI=1S/C25H27FN4O3S/c1-4-5-13-33-19-11-8-10-17(14-19)22-21(23(31)32-3)16(2)27-24-28-25(29-30(22)24)34-15-18-9-6-7-12-20(18)26/h6-12,14,22H,4-5,13,15H2,1-3H3,(H,27,28,29). The van der Waals surface area contributed by atoms with Crippen LogP contribution in [0, 0.1) is 5.82 Å². The number of thioether (sulfide) groups is 1. The van der Waals surface area contributed by atoms with Gasteiger partial charge in [-0.25, -0.2) is 13.9 Å². The number of unbranched alkanes of at least 4 members (excludes halogenated alkanes) is 1. The number of ether oxygens (including phenoxy) is 2. The van der Waals surface area contributed by atoms with Crippen LogP contribution in [0.2, 0.25) is 0 Å². The molecule has 4 rings (SSSR count). The van der Waals surface area contributed by atoms with Crippen LogP contribution in [0.15, 0.2) is 65.0 Å². The fraction of sp³-hybridized carbons (Fsp3) is 0.320. The van der Waals surface area contributed by atoms with E-state index in [1.165, 1.54) is 24.9 Å². The van der Waals surface area contributed by atoms with E-state index in [9.17, 15) is 9.18 Å². The summed E-state index contributed by atoms with van der Waals surface area (Å²) in [5.41, 5.74) is 2.48. The number of rotatable bonds is 9. The van der Waals surface area contributed by atoms with E-state index in [2.05, 4.69) is 22.3 Å². The molecule has 1 aliphatic heterocycles. The Bertz CT molecular complexity index is 1210. The summed E-state index contributed by atoms with van der Waals surface area (Å²) in [5.74, 6) is 0.901. The zero-order valence-corrected chi connectivity index (χ0v) is 20.2. The summed E-state index contributed by atoms with van der Waals surface area (Å²) in [6.07, 6.45) is 2.00. The maximum Gasteiger partial charge on any atom is 0.338 e. The minimum Gasteiger partial charge on any atom is -0.494 e. The first-order valence-corrected chi connectivity index (χ1v) is 12.1. The molecule has 1 atom stereocenters. The summed E-state index contributed by atoms with van der Waals surface area (Å²) in [7, 11) is 1.36. The summed E-state index contributed by atoms with van der Waals surface area (Å²) < 4.78 is 26.7. The van der Waals surface area contributed by atoms with Crippen molar-refractivity contribution in [3.63, 3.8) is 0 Å². The number of allylic oxidation sites excluding steroid dienone is 1. The van der Waals surface area contributed by atoms with E-state index in [0.29, 0.717) is 40.3 Å². The van der Waals surface area contributed by atoms with E-state index in [1.54, 1.807) is 22.9 Å². The average Bonchev–Trinajstić information content (AvgIpc) is 3.25. The van der Waals surface area contributed by atoms with Crippen LogP contribution >= 0.6 is 11.8 Å². The maximum absolute atomic E-state index is 14.0. The van der Waals surface area contributed by atoms with Crippen LogP contribution in [0.4, 0.5) is 10.3 Å². The first-order chi connectivity index (χ1) is 16.5. The van der Waals surface area contributed by atoms with Gasteiger partial charge in [-0.1, -0.05) is 55.4 Å². The number of nitrogens with zero attached hydrogens (tertiary/aromatic N) is 3. The van der Waals surface area contributed by atoms with Gasteiger partial charge in [-0.2, -0.15) is 4.98 Å². The lowest BCUT2D eigenvalue weighted by molar-refractivity contribution is -0.136. The summed E-state index contributed by atoms with van der Waals surface area (Å²) in [6, 6.07) is 13.7. The monoisotopic (exact) mass is 482 g/mol. The molecule has 0 spiro atoms. The van der Waals surface area contributed by atoms with Crippen molar-refractivity contribution >= 4 is 23.7 Å². The molecule has 0 amide bonds. The number of nitrogens with one attached hydrogen (secondary N) is 1. The van der Waals surface area contributed by atoms with E-state index in [1.807, 2.05) is 31.2 Å². The number of benzene rings is 2. The number of methoxy groups -OCH3 is 1. The molecule has 0 aliphatic carbocycles. The van der Waals surface area contributed by atoms with E-state index >= 15 is 0 Å². The Morgan fingerprint density at radius 2 is 2.06 bits per heavy atom. The molecule has 1 aromatic heterocycles. The molecule has 7 nitrogen and oxygen atoms in total. The summed E-state index contributed by atoms with van der Waals surface area (Å²) >= 11 is 1.33. The number of carbonyl (C=O) groups is 1. The van der Waals surface area contributed by atoms with Crippen molar-refractivity contribution in [1.82, 2.24) is 14.8 Å². The van der Waals surface area contributed by atoms with Crippen LogP contribution < -0.4 is 10.1 Å². The molecular weight excluding hydrogens is 455 g/mol. The van der Waals surface area contributed by atoms with E-state index < -0.39 is 12.0 Å². The lowest BCUT2D eigenvalue weighted by Gasteiger charge is -2.28. The zero-order chi connectivity index (χ0) is 24.1. The summed E-state index contributed by atoms with van der Waals surface area (Å²) in [4.78, 5) is 17.3. The first kappa shape index (κ1) is 23.8. The largest absolute Gasteiger partial charge is 0.494 e. The van der Waals surface area contributed by atoms with Crippen molar-refractivity contribution in [3.05, 3.63) is 76.7 Å². The van der Waals surface area contributed by atoms with Gasteiger partial charge in [0.25, 0.3) is 0 Å². The Morgan fingerprint density at radius 1 is 1.24 bits per heavy atom. The third-order valence-electron chi connectivity index (χ3n) is 5.49. The molecule has 178 valence electrons. The summed E-state index contributed by atoms with van der Waals surface area (Å²) in [6.45, 7) is 4.54. The number of aromatic nitrogens is 3. The highest BCUT2D eigenvalue weighted by Crippen LogP contribution is 2.38. The van der Waals surface area contributed by atoms with Crippen molar-refractivity contribution < 1.29 is 18.7 Å². The molecule has 2 heterocycles. The predicted octanol–water partition coefficient (Wildman–Crippen LogP) is 5.35. The van der Waals surface area contributed by atoms with Gasteiger partial charge in [0.2, 0.25) is 11.1 Å². The number of anilines is 1. The van der Waals surface area contributed by atoms with Gasteiger partial charge in [0.15, 0.2) is 0 Å². The molecular formula is C25H27FN4O3S. The third-order valence-corrected chi connectivity index (χ3v) is 6.38. The smallest absolute Gasteiger partial charge is 0.338 e. The zero-order valence-electron chi connectivity index (χ0n) is 19.4. The van der Waals surface area contributed by atoms with Gasteiger partial charge >= 0.3 is 5.97 Å². The number of carbonyl (C=O) groups excluding carboxylic acids is 1. The molecule has 0 saturated heterocycles. The van der Waals surface area contributed by atoms with Crippen LogP contribution in [0.1, 0.15) is 43.9 Å². The number of halogens is 1. The number of hydrogen-bond donors (Lipinski definition) is 1. The minimum atomic E-state index is -0.547. The van der Waals surface area contributed by atoms with E-state index in [4.69, 9.17) is 9.47 Å². The number of fused-ring (bicyclic) bond motifs is 1. The highest BCUT2D eigenvalue weighted by molar-refractivity contribution is 7.98. The number of esters is 1. The van der Waals surface area contributed by atoms with E-state index in [-0.39, 0.29) is 5.82 Å². The Labute approximate surface area is 202 Å². The van der Waals surface area contributed by atoms with E-state index in [0.717, 1.165) is 24.2 Å². The second-order valence-corrected chi connectivity index (χ2v) is 8.82. The second-order valence-electron chi connectivity index (χ2n) is 7.87. The van der Waals surface area contributed by atoms with Gasteiger partial charge in [-0.15, -0.1) is 5.10 Å². The lowest BCUT2D eigenvalue weighted by atomic mass is 9.95. The van der Waals surface area contributed by atoms with Gasteiger partial charge in [0.05, 0.1) is 19.3 Å². The van der Waals surface area contributed by atoms with Crippen LogP contribution in [0.3, 0.4) is 0 Å². The van der Waals surface area contributed by atoms with Crippen molar-refractivity contribution in [2.75, 3.05) is 19.0 Å². The van der Waals surface area contributed by atoms with Crippen LogP contribution in [0.5, 0.6) is 5.75 Å². The topological polar surface area (TPSA) is 78.3 Å². The highest BCUT2D eigenvalue weighted by atomic mass is 32.2. The molecule has 34 heavy (non-hydrogen) atoms. The van der Waals surface area contributed by atoms with Gasteiger partial charge in [0.1, 0.15) is 17.6 Å². The van der Waals surface area contributed by atoms with Crippen molar-refractivity contribution in [2.45, 2.75) is 43.6 Å².